The predicted molar refractivity (Wildman–Crippen MR) is 97.2 cm³/mol. The van der Waals surface area contributed by atoms with Gasteiger partial charge in [0.1, 0.15) is 16.6 Å². The maximum atomic E-state index is 12.8. The van der Waals surface area contributed by atoms with Gasteiger partial charge in [-0.25, -0.2) is 17.9 Å². The molecular weight excluding hydrogens is 388 g/mol. The van der Waals surface area contributed by atoms with E-state index in [0.717, 1.165) is 4.68 Å². The Morgan fingerprint density at radius 1 is 1.18 bits per heavy atom. The number of aromatic nitrogens is 4. The number of hydrogen-bond donors (Lipinski definition) is 1. The van der Waals surface area contributed by atoms with Crippen molar-refractivity contribution in [2.45, 2.75) is 24.8 Å². The Hall–Kier alpha value is -2.73. The maximum absolute atomic E-state index is 12.8. The molecule has 1 N–H and O–H groups in total. The minimum absolute atomic E-state index is 0.0749. The summed E-state index contributed by atoms with van der Waals surface area (Å²) in [4.78, 5) is 25.7. The number of carboxylic acids is 1. The Morgan fingerprint density at radius 2 is 1.82 bits per heavy atom. The van der Waals surface area contributed by atoms with Crippen molar-refractivity contribution < 1.29 is 23.1 Å². The lowest BCUT2D eigenvalue weighted by Crippen LogP contribution is -2.52. The number of carbonyl (C=O) groups excluding carboxylic acids is 1. The van der Waals surface area contributed by atoms with Gasteiger partial charge in [0.05, 0.1) is 11.9 Å². The third-order valence-electron chi connectivity index (χ3n) is 4.97. The molecule has 0 aromatic carbocycles. The van der Waals surface area contributed by atoms with E-state index in [-0.39, 0.29) is 42.7 Å². The molecule has 152 valence electrons. The molecule has 28 heavy (non-hydrogen) atoms. The second-order valence-electron chi connectivity index (χ2n) is 6.59. The number of aromatic carboxylic acids is 1. The van der Waals surface area contributed by atoms with E-state index in [0.29, 0.717) is 5.69 Å². The molecular formula is C16H22N6O5S. The van der Waals surface area contributed by atoms with E-state index >= 15 is 0 Å². The van der Waals surface area contributed by atoms with E-state index in [4.69, 9.17) is 0 Å². The lowest BCUT2D eigenvalue weighted by atomic mass is 10.2. The SMILES string of the molecule is Cc1c(S(=O)(=O)N2CCN(C(=O)C(C)n3nccc3C(=O)O)CC2)cnn1C. The first kappa shape index (κ1) is 20.0. The van der Waals surface area contributed by atoms with Gasteiger partial charge in [0.25, 0.3) is 0 Å². The third kappa shape index (κ3) is 3.40. The molecule has 1 atom stereocenters. The van der Waals surface area contributed by atoms with E-state index in [1.807, 2.05) is 0 Å². The summed E-state index contributed by atoms with van der Waals surface area (Å²) in [7, 11) is -2.01. The lowest BCUT2D eigenvalue weighted by Gasteiger charge is -2.35. The van der Waals surface area contributed by atoms with Crippen LogP contribution in [0, 0.1) is 6.92 Å². The molecule has 0 saturated carbocycles. The highest BCUT2D eigenvalue weighted by atomic mass is 32.2. The number of sulfonamides is 1. The molecule has 11 nitrogen and oxygen atoms in total. The van der Waals surface area contributed by atoms with Crippen LogP contribution in [0.2, 0.25) is 0 Å². The molecule has 1 aliphatic heterocycles. The van der Waals surface area contributed by atoms with Gasteiger partial charge in [-0.1, -0.05) is 0 Å². The van der Waals surface area contributed by atoms with Crippen molar-refractivity contribution in [2.24, 2.45) is 7.05 Å². The number of hydrogen-bond acceptors (Lipinski definition) is 6. The van der Waals surface area contributed by atoms with Gasteiger partial charge >= 0.3 is 5.97 Å². The number of aryl methyl sites for hydroxylation is 1. The van der Waals surface area contributed by atoms with E-state index in [9.17, 15) is 23.1 Å². The topological polar surface area (TPSA) is 131 Å². The number of carbonyl (C=O) groups is 2. The molecule has 2 aromatic rings. The molecule has 1 amide bonds. The summed E-state index contributed by atoms with van der Waals surface area (Å²) in [5, 5.41) is 17.1. The van der Waals surface area contributed by atoms with Crippen LogP contribution < -0.4 is 0 Å². The van der Waals surface area contributed by atoms with Crippen molar-refractivity contribution in [1.29, 1.82) is 0 Å². The fourth-order valence-electron chi connectivity index (χ4n) is 3.18. The number of piperazine rings is 1. The number of amides is 1. The summed E-state index contributed by atoms with van der Waals surface area (Å²) in [6.45, 7) is 3.99. The fraction of sp³-hybridized carbons (Fsp3) is 0.500. The standard InChI is InChI=1S/C16H22N6O5S/c1-11-14(10-18-19(11)3)28(26,27)21-8-6-20(7-9-21)15(23)12(2)22-13(16(24)25)4-5-17-22/h4-5,10,12H,6-9H2,1-3H3,(H,24,25). The molecule has 3 rings (SSSR count). The molecule has 3 heterocycles. The summed E-state index contributed by atoms with van der Waals surface area (Å²) in [5.41, 5.74) is 0.473. The zero-order valence-electron chi connectivity index (χ0n) is 15.8. The second-order valence-corrected chi connectivity index (χ2v) is 8.50. The highest BCUT2D eigenvalue weighted by Gasteiger charge is 2.34. The van der Waals surface area contributed by atoms with Crippen molar-refractivity contribution in [1.82, 2.24) is 28.8 Å². The zero-order chi connectivity index (χ0) is 20.6. The highest BCUT2D eigenvalue weighted by molar-refractivity contribution is 7.89. The summed E-state index contributed by atoms with van der Waals surface area (Å²) >= 11 is 0. The number of rotatable bonds is 5. The largest absolute Gasteiger partial charge is 0.477 e. The van der Waals surface area contributed by atoms with Gasteiger partial charge in [0, 0.05) is 39.4 Å². The van der Waals surface area contributed by atoms with Gasteiger partial charge in [0.15, 0.2) is 0 Å². The quantitative estimate of drug-likeness (QED) is 0.717. The molecule has 1 unspecified atom stereocenters. The van der Waals surface area contributed by atoms with E-state index < -0.39 is 22.0 Å². The van der Waals surface area contributed by atoms with Crippen LogP contribution in [-0.4, -0.2) is 80.3 Å². The Kier molecular flexibility index (Phi) is 5.26. The predicted octanol–water partition coefficient (Wildman–Crippen LogP) is -0.283. The van der Waals surface area contributed by atoms with E-state index in [2.05, 4.69) is 10.2 Å². The minimum atomic E-state index is -3.69. The molecule has 1 saturated heterocycles. The molecule has 2 aromatic heterocycles. The second kappa shape index (κ2) is 7.36. The summed E-state index contributed by atoms with van der Waals surface area (Å²) in [6.07, 6.45) is 2.66. The molecule has 0 spiro atoms. The van der Waals surface area contributed by atoms with Crippen LogP contribution in [0.25, 0.3) is 0 Å². The highest BCUT2D eigenvalue weighted by Crippen LogP contribution is 2.21. The molecule has 0 aliphatic carbocycles. The maximum Gasteiger partial charge on any atom is 0.354 e. The molecule has 0 radical (unpaired) electrons. The third-order valence-corrected chi connectivity index (χ3v) is 6.97. The van der Waals surface area contributed by atoms with Crippen LogP contribution in [0.1, 0.15) is 29.1 Å². The van der Waals surface area contributed by atoms with Gasteiger partial charge in [-0.3, -0.25) is 9.48 Å². The van der Waals surface area contributed by atoms with Crippen molar-refractivity contribution >= 4 is 21.9 Å². The Bertz CT molecular complexity index is 1000. The van der Waals surface area contributed by atoms with Gasteiger partial charge < -0.3 is 10.0 Å². The van der Waals surface area contributed by atoms with Gasteiger partial charge in [-0.2, -0.15) is 14.5 Å². The smallest absolute Gasteiger partial charge is 0.354 e. The summed E-state index contributed by atoms with van der Waals surface area (Å²) in [6, 6.07) is 0.525. The van der Waals surface area contributed by atoms with Crippen molar-refractivity contribution in [3.63, 3.8) is 0 Å². The lowest BCUT2D eigenvalue weighted by molar-refractivity contribution is -0.135. The zero-order valence-corrected chi connectivity index (χ0v) is 16.6. The average Bonchev–Trinajstić information content (AvgIpc) is 3.28. The van der Waals surface area contributed by atoms with Crippen molar-refractivity contribution in [3.05, 3.63) is 29.8 Å². The van der Waals surface area contributed by atoms with Crippen LogP contribution in [0.15, 0.2) is 23.4 Å². The Balaban J connectivity index is 1.69. The molecule has 0 bridgehead atoms. The van der Waals surface area contributed by atoms with Crippen molar-refractivity contribution in [2.75, 3.05) is 26.2 Å². The van der Waals surface area contributed by atoms with Gasteiger partial charge in [-0.15, -0.1) is 0 Å². The molecule has 1 fully saturated rings. The van der Waals surface area contributed by atoms with E-state index in [1.165, 1.54) is 32.3 Å². The van der Waals surface area contributed by atoms with Crippen LogP contribution in [-0.2, 0) is 21.9 Å². The van der Waals surface area contributed by atoms with Gasteiger partial charge in [0.2, 0.25) is 15.9 Å². The molecule has 1 aliphatic rings. The fourth-order valence-corrected chi connectivity index (χ4v) is 4.79. The van der Waals surface area contributed by atoms with Crippen LogP contribution in [0.4, 0.5) is 0 Å². The van der Waals surface area contributed by atoms with Crippen LogP contribution in [0.3, 0.4) is 0 Å². The number of carboxylic acid groups (broad SMARTS) is 1. The van der Waals surface area contributed by atoms with Crippen LogP contribution >= 0.6 is 0 Å². The van der Waals surface area contributed by atoms with Gasteiger partial charge in [-0.05, 0) is 19.9 Å². The minimum Gasteiger partial charge on any atom is -0.477 e. The molecule has 12 heteroatoms. The summed E-state index contributed by atoms with van der Waals surface area (Å²) in [5.74, 6) is -1.47. The Morgan fingerprint density at radius 3 is 2.36 bits per heavy atom. The first-order chi connectivity index (χ1) is 13.1. The average molecular weight is 410 g/mol. The Labute approximate surface area is 162 Å². The van der Waals surface area contributed by atoms with Crippen molar-refractivity contribution in [3.8, 4) is 0 Å². The monoisotopic (exact) mass is 410 g/mol. The first-order valence-electron chi connectivity index (χ1n) is 8.69. The summed E-state index contributed by atoms with van der Waals surface area (Å²) < 4.78 is 29.6. The normalized spacial score (nSPS) is 16.9. The van der Waals surface area contributed by atoms with E-state index in [1.54, 1.807) is 20.9 Å². The number of nitrogens with zero attached hydrogens (tertiary/aromatic N) is 6. The first-order valence-corrected chi connectivity index (χ1v) is 10.1. The van der Waals surface area contributed by atoms with Crippen LogP contribution in [0.5, 0.6) is 0 Å².